The molecule has 6 heteroatoms. The lowest BCUT2D eigenvalue weighted by Crippen LogP contribution is -2.48. The first-order valence-corrected chi connectivity index (χ1v) is 9.10. The number of halogens is 1. The largest absolute Gasteiger partial charge is 0.348 e. The highest BCUT2D eigenvalue weighted by Crippen LogP contribution is 2.38. The van der Waals surface area contributed by atoms with Crippen LogP contribution in [0.1, 0.15) is 43.6 Å². The van der Waals surface area contributed by atoms with E-state index in [9.17, 15) is 4.79 Å². The SMILES string of the molecule is CC1(C)CCC(NC(=O)c2ccc3cncc(Br)c3n2)C(CN)C1. The number of hydrogen-bond acceptors (Lipinski definition) is 4. The first-order chi connectivity index (χ1) is 11.4. The molecule has 0 aliphatic heterocycles. The highest BCUT2D eigenvalue weighted by molar-refractivity contribution is 9.10. The quantitative estimate of drug-likeness (QED) is 0.842. The third-order valence-corrected chi connectivity index (χ3v) is 5.50. The Morgan fingerprint density at radius 1 is 1.42 bits per heavy atom. The van der Waals surface area contributed by atoms with Crippen LogP contribution in [0.5, 0.6) is 0 Å². The average Bonchev–Trinajstić information content (AvgIpc) is 2.56. The molecule has 5 nitrogen and oxygen atoms in total. The van der Waals surface area contributed by atoms with E-state index in [4.69, 9.17) is 5.73 Å². The zero-order valence-corrected chi connectivity index (χ0v) is 15.6. The molecule has 0 aromatic carbocycles. The molecule has 0 radical (unpaired) electrons. The Morgan fingerprint density at radius 2 is 2.21 bits per heavy atom. The number of nitrogens with one attached hydrogen (secondary N) is 1. The molecule has 1 saturated carbocycles. The van der Waals surface area contributed by atoms with Gasteiger partial charge < -0.3 is 11.1 Å². The molecule has 3 N–H and O–H groups in total. The van der Waals surface area contributed by atoms with Crippen molar-refractivity contribution in [3.63, 3.8) is 0 Å². The van der Waals surface area contributed by atoms with Crippen molar-refractivity contribution in [1.29, 1.82) is 0 Å². The Balaban J connectivity index is 1.78. The minimum atomic E-state index is -0.135. The van der Waals surface area contributed by atoms with Gasteiger partial charge in [0.15, 0.2) is 0 Å². The van der Waals surface area contributed by atoms with Gasteiger partial charge in [-0.1, -0.05) is 13.8 Å². The summed E-state index contributed by atoms with van der Waals surface area (Å²) in [6, 6.07) is 3.74. The summed E-state index contributed by atoms with van der Waals surface area (Å²) < 4.78 is 0.786. The van der Waals surface area contributed by atoms with Crippen molar-refractivity contribution >= 4 is 32.7 Å². The van der Waals surface area contributed by atoms with Gasteiger partial charge in [-0.25, -0.2) is 4.98 Å². The monoisotopic (exact) mass is 390 g/mol. The van der Waals surface area contributed by atoms with Gasteiger partial charge in [0.05, 0.1) is 9.99 Å². The van der Waals surface area contributed by atoms with E-state index in [1.54, 1.807) is 18.5 Å². The van der Waals surface area contributed by atoms with Crippen LogP contribution < -0.4 is 11.1 Å². The van der Waals surface area contributed by atoms with E-state index in [1.807, 2.05) is 6.07 Å². The molecule has 1 fully saturated rings. The van der Waals surface area contributed by atoms with Gasteiger partial charge in [0.1, 0.15) is 5.69 Å². The van der Waals surface area contributed by atoms with E-state index in [0.717, 1.165) is 34.6 Å². The molecule has 2 atom stereocenters. The van der Waals surface area contributed by atoms with E-state index in [1.165, 1.54) is 0 Å². The number of carbonyl (C=O) groups is 1. The van der Waals surface area contributed by atoms with Crippen molar-refractivity contribution in [2.75, 3.05) is 6.54 Å². The standard InChI is InChI=1S/C18H23BrN4O/c1-18(2)6-5-14(12(7-18)8-20)23-17(24)15-4-3-11-9-21-10-13(19)16(11)22-15/h3-4,9-10,12,14H,5-8,20H2,1-2H3,(H,23,24). The fraction of sp³-hybridized carbons (Fsp3) is 0.500. The lowest BCUT2D eigenvalue weighted by atomic mass is 9.70. The zero-order chi connectivity index (χ0) is 17.3. The van der Waals surface area contributed by atoms with Gasteiger partial charge in [-0.2, -0.15) is 0 Å². The molecule has 128 valence electrons. The van der Waals surface area contributed by atoms with Gasteiger partial charge in [0, 0.05) is 23.8 Å². The van der Waals surface area contributed by atoms with Crippen molar-refractivity contribution in [2.45, 2.75) is 39.2 Å². The number of carbonyl (C=O) groups excluding carboxylic acids is 1. The summed E-state index contributed by atoms with van der Waals surface area (Å²) >= 11 is 3.44. The summed E-state index contributed by atoms with van der Waals surface area (Å²) in [5.74, 6) is 0.179. The molecular weight excluding hydrogens is 368 g/mol. The lowest BCUT2D eigenvalue weighted by Gasteiger charge is -2.40. The number of aromatic nitrogens is 2. The summed E-state index contributed by atoms with van der Waals surface area (Å²) in [6.07, 6.45) is 6.52. The predicted molar refractivity (Wildman–Crippen MR) is 98.7 cm³/mol. The van der Waals surface area contributed by atoms with Crippen LogP contribution in [0.25, 0.3) is 10.9 Å². The van der Waals surface area contributed by atoms with Crippen molar-refractivity contribution in [3.05, 3.63) is 34.7 Å². The van der Waals surface area contributed by atoms with Gasteiger partial charge >= 0.3 is 0 Å². The smallest absolute Gasteiger partial charge is 0.270 e. The molecule has 24 heavy (non-hydrogen) atoms. The molecule has 1 aliphatic carbocycles. The number of nitrogens with two attached hydrogens (primary N) is 1. The third-order valence-electron chi connectivity index (χ3n) is 4.92. The Morgan fingerprint density at radius 3 is 2.96 bits per heavy atom. The van der Waals surface area contributed by atoms with Gasteiger partial charge in [0.2, 0.25) is 0 Å². The van der Waals surface area contributed by atoms with Crippen LogP contribution >= 0.6 is 15.9 Å². The number of rotatable bonds is 3. The van der Waals surface area contributed by atoms with Crippen LogP contribution in [-0.4, -0.2) is 28.5 Å². The maximum atomic E-state index is 12.6. The van der Waals surface area contributed by atoms with Gasteiger partial charge in [-0.15, -0.1) is 0 Å². The van der Waals surface area contributed by atoms with Crippen LogP contribution in [0.2, 0.25) is 0 Å². The van der Waals surface area contributed by atoms with Crippen LogP contribution in [0.3, 0.4) is 0 Å². The molecule has 1 aliphatic rings. The zero-order valence-electron chi connectivity index (χ0n) is 14.1. The first-order valence-electron chi connectivity index (χ1n) is 8.31. The Labute approximate surface area is 150 Å². The molecule has 2 heterocycles. The van der Waals surface area contributed by atoms with E-state index in [-0.39, 0.29) is 11.9 Å². The highest BCUT2D eigenvalue weighted by atomic mass is 79.9. The maximum absolute atomic E-state index is 12.6. The lowest BCUT2D eigenvalue weighted by molar-refractivity contribution is 0.0849. The molecule has 0 saturated heterocycles. The second-order valence-electron chi connectivity index (χ2n) is 7.37. The fourth-order valence-electron chi connectivity index (χ4n) is 3.55. The topological polar surface area (TPSA) is 80.9 Å². The predicted octanol–water partition coefficient (Wildman–Crippen LogP) is 3.28. The minimum absolute atomic E-state index is 0.119. The maximum Gasteiger partial charge on any atom is 0.270 e. The molecule has 1 amide bonds. The molecule has 0 spiro atoms. The molecular formula is C18H23BrN4O. The molecule has 2 aromatic rings. The average molecular weight is 391 g/mol. The third kappa shape index (κ3) is 3.59. The summed E-state index contributed by atoms with van der Waals surface area (Å²) in [7, 11) is 0. The van der Waals surface area contributed by atoms with Gasteiger partial charge in [-0.3, -0.25) is 9.78 Å². The number of fused-ring (bicyclic) bond motifs is 1. The second kappa shape index (κ2) is 6.76. The van der Waals surface area contributed by atoms with E-state index in [2.05, 4.69) is 45.1 Å². The van der Waals surface area contributed by atoms with E-state index < -0.39 is 0 Å². The number of amides is 1. The summed E-state index contributed by atoms with van der Waals surface area (Å²) in [5, 5.41) is 4.05. The highest BCUT2D eigenvalue weighted by Gasteiger charge is 2.35. The van der Waals surface area contributed by atoms with Crippen molar-refractivity contribution < 1.29 is 4.79 Å². The first kappa shape index (κ1) is 17.3. The Kier molecular flexibility index (Phi) is 4.88. The fourth-order valence-corrected chi connectivity index (χ4v) is 3.99. The molecule has 0 bridgehead atoms. The number of hydrogen-bond donors (Lipinski definition) is 2. The summed E-state index contributed by atoms with van der Waals surface area (Å²) in [5.41, 5.74) is 7.41. The van der Waals surface area contributed by atoms with Crippen molar-refractivity contribution in [2.24, 2.45) is 17.1 Å². The molecule has 3 rings (SSSR count). The number of nitrogens with zero attached hydrogens (tertiary/aromatic N) is 2. The van der Waals surface area contributed by atoms with Crippen molar-refractivity contribution in [1.82, 2.24) is 15.3 Å². The second-order valence-corrected chi connectivity index (χ2v) is 8.23. The summed E-state index contributed by atoms with van der Waals surface area (Å²) in [4.78, 5) is 21.2. The van der Waals surface area contributed by atoms with E-state index in [0.29, 0.717) is 23.6 Å². The summed E-state index contributed by atoms with van der Waals surface area (Å²) in [6.45, 7) is 5.13. The Hall–Kier alpha value is -1.53. The van der Waals surface area contributed by atoms with Gasteiger partial charge in [0.25, 0.3) is 5.91 Å². The molecule has 2 aromatic heterocycles. The van der Waals surface area contributed by atoms with Crippen LogP contribution in [0.4, 0.5) is 0 Å². The molecule has 2 unspecified atom stereocenters. The van der Waals surface area contributed by atoms with Crippen molar-refractivity contribution in [3.8, 4) is 0 Å². The van der Waals surface area contributed by atoms with E-state index >= 15 is 0 Å². The van der Waals surface area contributed by atoms with Crippen LogP contribution in [-0.2, 0) is 0 Å². The van der Waals surface area contributed by atoms with Crippen LogP contribution in [0.15, 0.2) is 29.0 Å². The Bertz CT molecular complexity index is 762. The normalized spacial score (nSPS) is 23.2. The van der Waals surface area contributed by atoms with Crippen LogP contribution in [0, 0.1) is 11.3 Å². The van der Waals surface area contributed by atoms with Gasteiger partial charge in [-0.05, 0) is 65.2 Å². The minimum Gasteiger partial charge on any atom is -0.348 e. The number of pyridine rings is 2.